The van der Waals surface area contributed by atoms with Crippen LogP contribution in [0.2, 0.25) is 0 Å². The highest BCUT2D eigenvalue weighted by molar-refractivity contribution is 5.74. The van der Waals surface area contributed by atoms with Crippen molar-refractivity contribution in [2.45, 2.75) is 19.8 Å². The van der Waals surface area contributed by atoms with Gasteiger partial charge < -0.3 is 14.9 Å². The Kier molecular flexibility index (Phi) is 3.59. The SMILES string of the molecule is CN(C)c1ccc(N2CCC(C)(C(=O)O)CC2)nn1. The van der Waals surface area contributed by atoms with E-state index in [9.17, 15) is 9.90 Å². The predicted molar refractivity (Wildman–Crippen MR) is 73.5 cm³/mol. The Morgan fingerprint density at radius 2 is 1.95 bits per heavy atom. The van der Waals surface area contributed by atoms with E-state index in [0.717, 1.165) is 11.6 Å². The van der Waals surface area contributed by atoms with Crippen molar-refractivity contribution in [2.24, 2.45) is 5.41 Å². The summed E-state index contributed by atoms with van der Waals surface area (Å²) >= 11 is 0. The van der Waals surface area contributed by atoms with Crippen molar-refractivity contribution < 1.29 is 9.90 Å². The largest absolute Gasteiger partial charge is 0.481 e. The van der Waals surface area contributed by atoms with Crippen LogP contribution in [0.15, 0.2) is 12.1 Å². The van der Waals surface area contributed by atoms with E-state index in [4.69, 9.17) is 0 Å². The van der Waals surface area contributed by atoms with Gasteiger partial charge in [-0.25, -0.2) is 0 Å². The summed E-state index contributed by atoms with van der Waals surface area (Å²) < 4.78 is 0. The van der Waals surface area contributed by atoms with Crippen molar-refractivity contribution in [3.8, 4) is 0 Å². The molecule has 0 unspecified atom stereocenters. The molecule has 19 heavy (non-hydrogen) atoms. The Balaban J connectivity index is 2.03. The molecule has 6 heteroatoms. The van der Waals surface area contributed by atoms with Gasteiger partial charge in [-0.05, 0) is 31.9 Å². The fraction of sp³-hybridized carbons (Fsp3) is 0.615. The van der Waals surface area contributed by atoms with Crippen LogP contribution in [0, 0.1) is 5.41 Å². The van der Waals surface area contributed by atoms with E-state index in [1.165, 1.54) is 0 Å². The number of carboxylic acids is 1. The average molecular weight is 264 g/mol. The number of hydrogen-bond acceptors (Lipinski definition) is 5. The molecule has 1 saturated heterocycles. The van der Waals surface area contributed by atoms with Gasteiger partial charge in [-0.3, -0.25) is 4.79 Å². The molecule has 1 aromatic rings. The maximum absolute atomic E-state index is 11.2. The van der Waals surface area contributed by atoms with Crippen LogP contribution in [0.4, 0.5) is 11.6 Å². The van der Waals surface area contributed by atoms with Gasteiger partial charge in [-0.2, -0.15) is 0 Å². The zero-order chi connectivity index (χ0) is 14.0. The predicted octanol–water partition coefficient (Wildman–Crippen LogP) is 1.23. The van der Waals surface area contributed by atoms with E-state index >= 15 is 0 Å². The monoisotopic (exact) mass is 264 g/mol. The van der Waals surface area contributed by atoms with E-state index in [-0.39, 0.29) is 0 Å². The summed E-state index contributed by atoms with van der Waals surface area (Å²) in [6.07, 6.45) is 1.28. The first kappa shape index (κ1) is 13.6. The number of piperidine rings is 1. The summed E-state index contributed by atoms with van der Waals surface area (Å²) in [6.45, 7) is 3.23. The van der Waals surface area contributed by atoms with Crippen molar-refractivity contribution >= 4 is 17.6 Å². The highest BCUT2D eigenvalue weighted by Gasteiger charge is 2.37. The summed E-state index contributed by atoms with van der Waals surface area (Å²) in [7, 11) is 3.84. The molecule has 2 rings (SSSR count). The average Bonchev–Trinajstić information content (AvgIpc) is 2.39. The third-order valence-corrected chi connectivity index (χ3v) is 3.80. The van der Waals surface area contributed by atoms with Gasteiger partial charge >= 0.3 is 5.97 Å². The second-order valence-electron chi connectivity index (χ2n) is 5.50. The first-order valence-electron chi connectivity index (χ1n) is 6.42. The molecule has 0 aromatic carbocycles. The second-order valence-corrected chi connectivity index (χ2v) is 5.50. The Labute approximate surface area is 113 Å². The first-order valence-corrected chi connectivity index (χ1v) is 6.42. The number of anilines is 2. The molecule has 104 valence electrons. The van der Waals surface area contributed by atoms with Crippen LogP contribution in [0.1, 0.15) is 19.8 Å². The fourth-order valence-electron chi connectivity index (χ4n) is 2.17. The first-order chi connectivity index (χ1) is 8.92. The molecule has 1 N–H and O–H groups in total. The third kappa shape index (κ3) is 2.77. The van der Waals surface area contributed by atoms with Gasteiger partial charge in [0.1, 0.15) is 0 Å². The lowest BCUT2D eigenvalue weighted by Crippen LogP contribution is -2.43. The van der Waals surface area contributed by atoms with Gasteiger partial charge in [0.05, 0.1) is 5.41 Å². The molecule has 0 spiro atoms. The van der Waals surface area contributed by atoms with Crippen LogP contribution in [0.25, 0.3) is 0 Å². The molecular weight excluding hydrogens is 244 g/mol. The smallest absolute Gasteiger partial charge is 0.309 e. The number of aromatic nitrogens is 2. The Bertz CT molecular complexity index is 450. The molecule has 1 aliphatic heterocycles. The normalized spacial score (nSPS) is 18.2. The summed E-state index contributed by atoms with van der Waals surface area (Å²) in [4.78, 5) is 15.2. The summed E-state index contributed by atoms with van der Waals surface area (Å²) in [6, 6.07) is 3.86. The Morgan fingerprint density at radius 3 is 2.37 bits per heavy atom. The van der Waals surface area contributed by atoms with Gasteiger partial charge in [0, 0.05) is 27.2 Å². The summed E-state index contributed by atoms with van der Waals surface area (Å²) in [5.41, 5.74) is -0.604. The summed E-state index contributed by atoms with van der Waals surface area (Å²) in [5.74, 6) is 0.926. The van der Waals surface area contributed by atoms with Crippen molar-refractivity contribution in [1.29, 1.82) is 0 Å². The van der Waals surface area contributed by atoms with Gasteiger partial charge in [0.2, 0.25) is 0 Å². The second kappa shape index (κ2) is 5.03. The third-order valence-electron chi connectivity index (χ3n) is 3.80. The summed E-state index contributed by atoms with van der Waals surface area (Å²) in [5, 5.41) is 17.5. The number of nitrogens with zero attached hydrogens (tertiary/aromatic N) is 4. The van der Waals surface area contributed by atoms with Crippen molar-refractivity contribution in [1.82, 2.24) is 10.2 Å². The molecule has 0 radical (unpaired) electrons. The quantitative estimate of drug-likeness (QED) is 0.885. The van der Waals surface area contributed by atoms with Crippen LogP contribution >= 0.6 is 0 Å². The maximum Gasteiger partial charge on any atom is 0.309 e. The van der Waals surface area contributed by atoms with Crippen molar-refractivity contribution in [2.75, 3.05) is 37.0 Å². The van der Waals surface area contributed by atoms with Crippen molar-refractivity contribution in [3.63, 3.8) is 0 Å². The molecule has 1 aromatic heterocycles. The number of rotatable bonds is 3. The molecule has 6 nitrogen and oxygen atoms in total. The highest BCUT2D eigenvalue weighted by atomic mass is 16.4. The highest BCUT2D eigenvalue weighted by Crippen LogP contribution is 2.32. The topological polar surface area (TPSA) is 69.6 Å². The number of carboxylic acid groups (broad SMARTS) is 1. The maximum atomic E-state index is 11.2. The van der Waals surface area contributed by atoms with E-state index < -0.39 is 11.4 Å². The Hall–Kier alpha value is -1.85. The van der Waals surface area contributed by atoms with E-state index in [1.807, 2.05) is 38.1 Å². The van der Waals surface area contributed by atoms with Crippen LogP contribution in [-0.2, 0) is 4.79 Å². The number of hydrogen-bond donors (Lipinski definition) is 1. The number of aliphatic carboxylic acids is 1. The van der Waals surface area contributed by atoms with E-state index in [1.54, 1.807) is 0 Å². The molecule has 0 atom stereocenters. The van der Waals surface area contributed by atoms with Gasteiger partial charge in [0.15, 0.2) is 11.6 Å². The van der Waals surface area contributed by atoms with E-state index in [0.29, 0.717) is 25.9 Å². The van der Waals surface area contributed by atoms with Gasteiger partial charge in [0.25, 0.3) is 0 Å². The van der Waals surface area contributed by atoms with Crippen molar-refractivity contribution in [3.05, 3.63) is 12.1 Å². The minimum Gasteiger partial charge on any atom is -0.481 e. The number of carbonyl (C=O) groups is 1. The zero-order valence-electron chi connectivity index (χ0n) is 11.6. The zero-order valence-corrected chi connectivity index (χ0v) is 11.6. The molecule has 0 saturated carbocycles. The van der Waals surface area contributed by atoms with Crippen LogP contribution in [0.5, 0.6) is 0 Å². The lowest BCUT2D eigenvalue weighted by atomic mass is 9.80. The van der Waals surface area contributed by atoms with Crippen LogP contribution < -0.4 is 9.80 Å². The lowest BCUT2D eigenvalue weighted by Gasteiger charge is -2.36. The van der Waals surface area contributed by atoms with Gasteiger partial charge in [-0.15, -0.1) is 10.2 Å². The van der Waals surface area contributed by atoms with Gasteiger partial charge in [-0.1, -0.05) is 0 Å². The molecule has 0 amide bonds. The van der Waals surface area contributed by atoms with Crippen LogP contribution in [-0.4, -0.2) is 48.5 Å². The molecule has 2 heterocycles. The lowest BCUT2D eigenvalue weighted by molar-refractivity contribution is -0.149. The fourth-order valence-corrected chi connectivity index (χ4v) is 2.17. The molecule has 0 aliphatic carbocycles. The Morgan fingerprint density at radius 1 is 1.32 bits per heavy atom. The van der Waals surface area contributed by atoms with Crippen LogP contribution in [0.3, 0.4) is 0 Å². The molecule has 1 aliphatic rings. The molecule has 1 fully saturated rings. The molecule has 0 bridgehead atoms. The minimum atomic E-state index is -0.707. The minimum absolute atomic E-state index is 0.604. The molecular formula is C13H20N4O2. The van der Waals surface area contributed by atoms with E-state index in [2.05, 4.69) is 15.1 Å². The standard InChI is InChI=1S/C13H20N4O2/c1-13(12(18)19)6-8-17(9-7-13)11-5-4-10(14-15-11)16(2)3/h4-5H,6-9H2,1-3H3,(H,18,19).